The third-order valence-electron chi connectivity index (χ3n) is 2.81. The van der Waals surface area contributed by atoms with Gasteiger partial charge in [-0.05, 0) is 19.1 Å². The molecule has 0 spiro atoms. The first-order chi connectivity index (χ1) is 11.3. The number of rotatable bonds is 5. The zero-order valence-electron chi connectivity index (χ0n) is 11.8. The average molecular weight is 369 g/mol. The van der Waals surface area contributed by atoms with Crippen LogP contribution in [0.3, 0.4) is 0 Å². The van der Waals surface area contributed by atoms with E-state index in [1.165, 1.54) is 13.0 Å². The van der Waals surface area contributed by atoms with Crippen molar-refractivity contribution < 1.29 is 27.6 Å². The lowest BCUT2D eigenvalue weighted by molar-refractivity contribution is -0.432. The van der Waals surface area contributed by atoms with Gasteiger partial charge in [0.1, 0.15) is 10.1 Å². The molecular weight excluding hydrogens is 362 g/mol. The molecule has 124 valence electrons. The maximum atomic E-state index is 11.2. The normalized spacial score (nSPS) is 11.0. The molecule has 0 saturated heterocycles. The summed E-state index contributed by atoms with van der Waals surface area (Å²) in [4.78, 5) is 5.74. The number of aromatic nitrogens is 2. The fraction of sp³-hybridized carbons (Fsp3) is 0.0909. The van der Waals surface area contributed by atoms with Crippen LogP contribution >= 0.6 is 12.0 Å². The molecule has 1 aromatic carbocycles. The van der Waals surface area contributed by atoms with E-state index in [1.807, 2.05) is 0 Å². The Morgan fingerprint density at radius 1 is 1.50 bits per heavy atom. The lowest BCUT2D eigenvalue weighted by Gasteiger charge is -2.09. The summed E-state index contributed by atoms with van der Waals surface area (Å²) in [6, 6.07) is 3.16. The van der Waals surface area contributed by atoms with E-state index >= 15 is 0 Å². The van der Waals surface area contributed by atoms with Gasteiger partial charge in [-0.2, -0.15) is 0 Å². The predicted octanol–water partition coefficient (Wildman–Crippen LogP) is 2.55. The minimum Gasteiger partial charge on any atom is -0.744 e. The first-order valence-corrected chi connectivity index (χ1v) is 8.05. The predicted molar refractivity (Wildman–Crippen MR) is 77.9 cm³/mol. The summed E-state index contributed by atoms with van der Waals surface area (Å²) < 4.78 is 38.9. The zero-order valence-corrected chi connectivity index (χ0v) is 13.4. The number of aryl methyl sites for hydroxylation is 1. The van der Waals surface area contributed by atoms with Crippen LogP contribution in [0.25, 0.3) is 15.5 Å². The van der Waals surface area contributed by atoms with Gasteiger partial charge in [-0.3, -0.25) is 0 Å². The maximum absolute atomic E-state index is 11.2. The van der Waals surface area contributed by atoms with Crippen molar-refractivity contribution in [1.82, 2.24) is 9.78 Å². The fourth-order valence-corrected chi connectivity index (χ4v) is 2.78. The Morgan fingerprint density at radius 3 is 2.75 bits per heavy atom. The lowest BCUT2D eigenvalue weighted by atomic mass is 10.3. The molecule has 2 rings (SSSR count). The maximum Gasteiger partial charge on any atom is 0.460 e. The van der Waals surface area contributed by atoms with Crippen LogP contribution in [0, 0.1) is 18.9 Å². The van der Waals surface area contributed by atoms with Crippen LogP contribution < -0.4 is 0 Å². The quantitative estimate of drug-likeness (QED) is 0.210. The Hall–Kier alpha value is -2.52. The summed E-state index contributed by atoms with van der Waals surface area (Å²) in [5.74, 6) is -0.269. The summed E-state index contributed by atoms with van der Waals surface area (Å²) in [5.41, 5.74) is 0.103. The van der Waals surface area contributed by atoms with Gasteiger partial charge in [0.05, 0.1) is 39.5 Å². The highest BCUT2D eigenvalue weighted by Crippen LogP contribution is 2.37. The van der Waals surface area contributed by atoms with Crippen molar-refractivity contribution in [2.24, 2.45) is 0 Å². The van der Waals surface area contributed by atoms with Crippen LogP contribution in [0.15, 0.2) is 28.0 Å². The molecule has 11 nitrogen and oxygen atoms in total. The van der Waals surface area contributed by atoms with Crippen LogP contribution in [0.1, 0.15) is 5.69 Å². The minimum absolute atomic E-state index is 0.0419. The Labute approximate surface area is 139 Å². The van der Waals surface area contributed by atoms with Gasteiger partial charge in [0.2, 0.25) is 0 Å². The smallest absolute Gasteiger partial charge is 0.460 e. The van der Waals surface area contributed by atoms with Gasteiger partial charge in [0.25, 0.3) is 0 Å². The van der Waals surface area contributed by atoms with Crippen molar-refractivity contribution in [3.8, 4) is 5.69 Å². The van der Waals surface area contributed by atoms with Crippen molar-refractivity contribution in [2.75, 3.05) is 0 Å². The summed E-state index contributed by atoms with van der Waals surface area (Å²) in [6.45, 7) is 8.56. The molecule has 2 aromatic rings. The van der Waals surface area contributed by atoms with Crippen molar-refractivity contribution in [3.63, 3.8) is 0 Å². The van der Waals surface area contributed by atoms with Crippen molar-refractivity contribution in [1.29, 1.82) is 5.39 Å². The van der Waals surface area contributed by atoms with Crippen molar-refractivity contribution in [3.05, 3.63) is 40.3 Å². The van der Waals surface area contributed by atoms with Gasteiger partial charge in [-0.25, -0.2) is 18.5 Å². The molecule has 0 radical (unpaired) electrons. The Kier molecular flexibility index (Phi) is 5.15. The van der Waals surface area contributed by atoms with E-state index in [4.69, 9.17) is 17.2 Å². The molecule has 1 heterocycles. The summed E-state index contributed by atoms with van der Waals surface area (Å²) >= 11 is 0.472. The molecule has 0 aliphatic carbocycles. The Balaban J connectivity index is 2.76. The second kappa shape index (κ2) is 6.93. The summed E-state index contributed by atoms with van der Waals surface area (Å²) in [6.07, 6.45) is 0. The summed E-state index contributed by atoms with van der Waals surface area (Å²) in [7, 11) is -4.77. The van der Waals surface area contributed by atoms with E-state index in [9.17, 15) is 13.0 Å². The number of nitrogens with zero attached hydrogens (tertiary/aromatic N) is 5. The van der Waals surface area contributed by atoms with E-state index in [-0.39, 0.29) is 27.8 Å². The van der Waals surface area contributed by atoms with Crippen LogP contribution in [0.4, 0.5) is 11.5 Å². The SMILES string of the molecule is [C-]#[N+]c1c(C)nn(-c2cc(S(=O)(=O)[O-])ccc2SOOO)c1[N+]#N. The van der Waals surface area contributed by atoms with E-state index in [0.29, 0.717) is 12.0 Å². The molecule has 0 fully saturated rings. The van der Waals surface area contributed by atoms with Gasteiger partial charge >= 0.3 is 11.5 Å². The zero-order chi connectivity index (χ0) is 17.9. The molecule has 0 amide bonds. The van der Waals surface area contributed by atoms with Crippen molar-refractivity contribution >= 4 is 33.7 Å². The standard InChI is InChI=1S/C11H7N5O6S2/c1-6-10(13-2)11(14-12)16(15-6)8-5-7(24(18,19)20)3-4-9(8)23-22-21-17/h3-5H,1H3,(H-,17,18,19,20). The van der Waals surface area contributed by atoms with E-state index in [2.05, 4.69) is 24.3 Å². The molecule has 0 atom stereocenters. The Morgan fingerprint density at radius 2 is 2.21 bits per heavy atom. The van der Waals surface area contributed by atoms with E-state index in [0.717, 1.165) is 16.8 Å². The molecule has 24 heavy (non-hydrogen) atoms. The molecular formula is C11H7N5O6S2. The van der Waals surface area contributed by atoms with E-state index < -0.39 is 15.0 Å². The van der Waals surface area contributed by atoms with Crippen LogP contribution in [-0.2, 0) is 19.5 Å². The first kappa shape index (κ1) is 17.8. The van der Waals surface area contributed by atoms with Crippen LogP contribution in [-0.4, -0.2) is 28.0 Å². The van der Waals surface area contributed by atoms with Gasteiger partial charge in [0.15, 0.2) is 5.69 Å². The first-order valence-electron chi connectivity index (χ1n) is 5.90. The molecule has 0 saturated carbocycles. The van der Waals surface area contributed by atoms with E-state index in [1.54, 1.807) is 0 Å². The monoisotopic (exact) mass is 369 g/mol. The molecule has 13 heteroatoms. The lowest BCUT2D eigenvalue weighted by Crippen LogP contribution is -2.04. The van der Waals surface area contributed by atoms with Gasteiger partial charge in [-0.15, -0.1) is 4.33 Å². The van der Waals surface area contributed by atoms with Crippen molar-refractivity contribution in [2.45, 2.75) is 16.7 Å². The molecule has 0 aliphatic rings. The van der Waals surface area contributed by atoms with Crippen LogP contribution in [0.2, 0.25) is 0 Å². The van der Waals surface area contributed by atoms with Crippen LogP contribution in [0.5, 0.6) is 0 Å². The van der Waals surface area contributed by atoms with Gasteiger partial charge in [0, 0.05) is 11.0 Å². The second-order valence-electron chi connectivity index (χ2n) is 4.19. The molecule has 0 bridgehead atoms. The van der Waals surface area contributed by atoms with Gasteiger partial charge in [-0.1, -0.05) is 14.8 Å². The Bertz CT molecular complexity index is 972. The highest BCUT2D eigenvalue weighted by molar-refractivity contribution is 7.94. The summed E-state index contributed by atoms with van der Waals surface area (Å²) in [5, 5.41) is 24.9. The molecule has 1 aromatic heterocycles. The topological polar surface area (TPSA) is 146 Å². The number of benzene rings is 1. The molecule has 0 aliphatic heterocycles. The third-order valence-corrected chi connectivity index (χ3v) is 4.30. The average Bonchev–Trinajstić information content (AvgIpc) is 2.87. The third kappa shape index (κ3) is 3.36. The minimum atomic E-state index is -4.77. The number of hydrogen-bond donors (Lipinski definition) is 1. The fourth-order valence-electron chi connectivity index (χ4n) is 1.84. The second-order valence-corrected chi connectivity index (χ2v) is 6.31. The highest BCUT2D eigenvalue weighted by Gasteiger charge is 2.30. The molecule has 0 unspecified atom stereocenters. The number of hydrogen-bond acceptors (Lipinski definition) is 9. The molecule has 1 N–H and O–H groups in total. The highest BCUT2D eigenvalue weighted by atomic mass is 32.2. The van der Waals surface area contributed by atoms with Gasteiger partial charge < -0.3 is 4.55 Å². The number of diazo groups is 1. The largest absolute Gasteiger partial charge is 0.744 e.